The molecular weight excluding hydrogens is 150 g/mol. The summed E-state index contributed by atoms with van der Waals surface area (Å²) < 4.78 is 0. The van der Waals surface area contributed by atoms with Crippen molar-refractivity contribution in [2.24, 2.45) is 11.8 Å². The zero-order valence-electron chi connectivity index (χ0n) is 8.43. The Morgan fingerprint density at radius 2 is 2.25 bits per heavy atom. The third kappa shape index (κ3) is 1.64. The van der Waals surface area contributed by atoms with E-state index in [2.05, 4.69) is 26.1 Å². The molecule has 0 saturated carbocycles. The molecule has 2 nitrogen and oxygen atoms in total. The van der Waals surface area contributed by atoms with Crippen LogP contribution >= 0.6 is 0 Å². The fourth-order valence-electron chi connectivity index (χ4n) is 2.20. The SMILES string of the molecule is CCC1CNCCC1(O)C(C)C. The fraction of sp³-hybridized carbons (Fsp3) is 1.00. The predicted molar refractivity (Wildman–Crippen MR) is 51.1 cm³/mol. The smallest absolute Gasteiger partial charge is 0.0722 e. The summed E-state index contributed by atoms with van der Waals surface area (Å²) in [5.74, 6) is 0.816. The Labute approximate surface area is 75.4 Å². The highest BCUT2D eigenvalue weighted by atomic mass is 16.3. The Morgan fingerprint density at radius 1 is 1.58 bits per heavy atom. The molecule has 12 heavy (non-hydrogen) atoms. The number of hydrogen-bond donors (Lipinski definition) is 2. The van der Waals surface area contributed by atoms with E-state index < -0.39 is 5.60 Å². The van der Waals surface area contributed by atoms with E-state index in [9.17, 15) is 5.11 Å². The van der Waals surface area contributed by atoms with Crippen molar-refractivity contribution in [2.75, 3.05) is 13.1 Å². The Kier molecular flexibility index (Phi) is 3.13. The Balaban J connectivity index is 2.68. The quantitative estimate of drug-likeness (QED) is 0.658. The minimum atomic E-state index is -0.417. The van der Waals surface area contributed by atoms with E-state index in [4.69, 9.17) is 0 Å². The Hall–Kier alpha value is -0.0800. The first kappa shape index (κ1) is 10.0. The number of piperidine rings is 1. The van der Waals surface area contributed by atoms with Crippen LogP contribution in [0.25, 0.3) is 0 Å². The van der Waals surface area contributed by atoms with Gasteiger partial charge in [-0.15, -0.1) is 0 Å². The maximum atomic E-state index is 10.4. The highest BCUT2D eigenvalue weighted by Gasteiger charge is 2.40. The van der Waals surface area contributed by atoms with E-state index >= 15 is 0 Å². The molecule has 0 spiro atoms. The molecule has 2 atom stereocenters. The van der Waals surface area contributed by atoms with Gasteiger partial charge < -0.3 is 10.4 Å². The topological polar surface area (TPSA) is 32.3 Å². The summed E-state index contributed by atoms with van der Waals surface area (Å²) in [6.45, 7) is 8.34. The Morgan fingerprint density at radius 3 is 2.67 bits per heavy atom. The van der Waals surface area contributed by atoms with Crippen LogP contribution in [-0.4, -0.2) is 23.8 Å². The van der Waals surface area contributed by atoms with Crippen LogP contribution in [0.3, 0.4) is 0 Å². The minimum Gasteiger partial charge on any atom is -0.389 e. The number of aliphatic hydroxyl groups is 1. The van der Waals surface area contributed by atoms with Gasteiger partial charge in [-0.3, -0.25) is 0 Å². The molecule has 0 bridgehead atoms. The average molecular weight is 171 g/mol. The molecule has 0 aliphatic carbocycles. The van der Waals surface area contributed by atoms with Crippen LogP contribution in [0.4, 0.5) is 0 Å². The standard InChI is InChI=1S/C10H21NO/c1-4-9-7-11-6-5-10(9,12)8(2)3/h8-9,11-12H,4-7H2,1-3H3. The highest BCUT2D eigenvalue weighted by Crippen LogP contribution is 2.33. The zero-order valence-corrected chi connectivity index (χ0v) is 8.43. The van der Waals surface area contributed by atoms with Crippen LogP contribution in [-0.2, 0) is 0 Å². The van der Waals surface area contributed by atoms with Crippen LogP contribution in [0.1, 0.15) is 33.6 Å². The van der Waals surface area contributed by atoms with E-state index in [1.165, 1.54) is 0 Å². The molecule has 0 aromatic carbocycles. The van der Waals surface area contributed by atoms with Crippen LogP contribution in [0.15, 0.2) is 0 Å². The lowest BCUT2D eigenvalue weighted by atomic mass is 9.73. The van der Waals surface area contributed by atoms with Crippen LogP contribution in [0.2, 0.25) is 0 Å². The van der Waals surface area contributed by atoms with Gasteiger partial charge in [0.25, 0.3) is 0 Å². The maximum absolute atomic E-state index is 10.4. The molecule has 2 unspecified atom stereocenters. The van der Waals surface area contributed by atoms with Crippen LogP contribution < -0.4 is 5.32 Å². The summed E-state index contributed by atoms with van der Waals surface area (Å²) in [5.41, 5.74) is -0.417. The zero-order chi connectivity index (χ0) is 9.19. The molecule has 2 N–H and O–H groups in total. The maximum Gasteiger partial charge on any atom is 0.0722 e. The van der Waals surface area contributed by atoms with E-state index in [1.54, 1.807) is 0 Å². The van der Waals surface area contributed by atoms with Gasteiger partial charge in [0.2, 0.25) is 0 Å². The van der Waals surface area contributed by atoms with Crippen molar-refractivity contribution < 1.29 is 5.11 Å². The van der Waals surface area contributed by atoms with Crippen molar-refractivity contribution >= 4 is 0 Å². The number of hydrogen-bond acceptors (Lipinski definition) is 2. The van der Waals surface area contributed by atoms with Gasteiger partial charge in [0, 0.05) is 12.5 Å². The molecule has 1 heterocycles. The van der Waals surface area contributed by atoms with Gasteiger partial charge in [0.05, 0.1) is 5.60 Å². The first-order chi connectivity index (χ1) is 5.61. The van der Waals surface area contributed by atoms with Crippen molar-refractivity contribution in [1.82, 2.24) is 5.32 Å². The van der Waals surface area contributed by atoms with Crippen molar-refractivity contribution in [1.29, 1.82) is 0 Å². The average Bonchev–Trinajstić information content (AvgIpc) is 2.05. The summed E-state index contributed by atoms with van der Waals surface area (Å²) in [6.07, 6.45) is 1.98. The van der Waals surface area contributed by atoms with E-state index in [0.717, 1.165) is 25.9 Å². The second-order valence-corrected chi connectivity index (χ2v) is 4.21. The van der Waals surface area contributed by atoms with Crippen LogP contribution in [0, 0.1) is 11.8 Å². The van der Waals surface area contributed by atoms with Crippen molar-refractivity contribution in [3.8, 4) is 0 Å². The summed E-state index contributed by atoms with van der Waals surface area (Å²) in [7, 11) is 0. The van der Waals surface area contributed by atoms with E-state index in [1.807, 2.05) is 0 Å². The fourth-order valence-corrected chi connectivity index (χ4v) is 2.20. The summed E-state index contributed by atoms with van der Waals surface area (Å²) >= 11 is 0. The lowest BCUT2D eigenvalue weighted by molar-refractivity contribution is -0.0787. The monoisotopic (exact) mass is 171 g/mol. The van der Waals surface area contributed by atoms with Crippen LogP contribution in [0.5, 0.6) is 0 Å². The van der Waals surface area contributed by atoms with Crippen molar-refractivity contribution in [3.63, 3.8) is 0 Å². The second-order valence-electron chi connectivity index (χ2n) is 4.21. The number of nitrogens with one attached hydrogen (secondary N) is 1. The third-order valence-electron chi connectivity index (χ3n) is 3.29. The van der Waals surface area contributed by atoms with Crippen molar-refractivity contribution in [3.05, 3.63) is 0 Å². The van der Waals surface area contributed by atoms with Gasteiger partial charge in [0.15, 0.2) is 0 Å². The molecule has 1 rings (SSSR count). The van der Waals surface area contributed by atoms with E-state index in [-0.39, 0.29) is 0 Å². The van der Waals surface area contributed by atoms with Gasteiger partial charge in [-0.2, -0.15) is 0 Å². The second kappa shape index (κ2) is 3.75. The summed E-state index contributed by atoms with van der Waals surface area (Å²) in [4.78, 5) is 0. The Bertz CT molecular complexity index is 147. The minimum absolute atomic E-state index is 0.379. The lowest BCUT2D eigenvalue weighted by Gasteiger charge is -2.43. The van der Waals surface area contributed by atoms with Crippen molar-refractivity contribution in [2.45, 2.75) is 39.2 Å². The molecule has 0 aromatic rings. The molecule has 2 heteroatoms. The molecule has 0 aromatic heterocycles. The van der Waals surface area contributed by atoms with Gasteiger partial charge in [-0.05, 0) is 25.3 Å². The molecule has 1 saturated heterocycles. The first-order valence-corrected chi connectivity index (χ1v) is 5.04. The van der Waals surface area contributed by atoms with E-state index in [0.29, 0.717) is 11.8 Å². The molecule has 1 aliphatic rings. The molecular formula is C10H21NO. The normalized spacial score (nSPS) is 37.2. The first-order valence-electron chi connectivity index (χ1n) is 5.04. The molecule has 0 amide bonds. The third-order valence-corrected chi connectivity index (χ3v) is 3.29. The summed E-state index contributed by atoms with van der Waals surface area (Å²) in [6, 6.07) is 0. The largest absolute Gasteiger partial charge is 0.389 e. The lowest BCUT2D eigenvalue weighted by Crippen LogP contribution is -2.53. The molecule has 1 aliphatic heterocycles. The molecule has 72 valence electrons. The van der Waals surface area contributed by atoms with Gasteiger partial charge in [0.1, 0.15) is 0 Å². The molecule has 0 radical (unpaired) electrons. The van der Waals surface area contributed by atoms with Gasteiger partial charge >= 0.3 is 0 Å². The van der Waals surface area contributed by atoms with Gasteiger partial charge in [-0.1, -0.05) is 20.8 Å². The summed E-state index contributed by atoms with van der Waals surface area (Å²) in [5, 5.41) is 13.7. The molecule has 1 fully saturated rings. The highest BCUT2D eigenvalue weighted by molar-refractivity contribution is 4.93. The van der Waals surface area contributed by atoms with Gasteiger partial charge in [-0.25, -0.2) is 0 Å². The number of rotatable bonds is 2. The predicted octanol–water partition coefficient (Wildman–Crippen LogP) is 1.39.